The Hall–Kier alpha value is -1.71. The first-order chi connectivity index (χ1) is 14.0. The fourth-order valence-electron chi connectivity index (χ4n) is 6.27. The van der Waals surface area contributed by atoms with Crippen LogP contribution in [0.25, 0.3) is 0 Å². The average Bonchev–Trinajstić information content (AvgIpc) is 2.69. The van der Waals surface area contributed by atoms with E-state index in [0.717, 1.165) is 66.9 Å². The molecule has 5 rings (SSSR count). The molecule has 4 fully saturated rings. The highest BCUT2D eigenvalue weighted by Crippen LogP contribution is 2.60. The number of nitrogens with one attached hydrogen (secondary N) is 1. The maximum Gasteiger partial charge on any atom is 0.226 e. The Balaban J connectivity index is 1.46. The van der Waals surface area contributed by atoms with Crippen molar-refractivity contribution in [1.29, 1.82) is 0 Å². The van der Waals surface area contributed by atoms with Crippen LogP contribution in [0, 0.1) is 23.2 Å². The predicted octanol–water partition coefficient (Wildman–Crippen LogP) is 5.66. The molecule has 1 unspecified atom stereocenters. The molecule has 1 amide bonds. The summed E-state index contributed by atoms with van der Waals surface area (Å²) in [6.45, 7) is 7.64. The fourth-order valence-corrected chi connectivity index (χ4v) is 6.27. The van der Waals surface area contributed by atoms with Gasteiger partial charge in [-0.3, -0.25) is 4.79 Å². The molecule has 0 heterocycles. The van der Waals surface area contributed by atoms with Gasteiger partial charge in [-0.25, -0.2) is 0 Å². The lowest BCUT2D eigenvalue weighted by Gasteiger charge is -2.55. The van der Waals surface area contributed by atoms with Gasteiger partial charge in [0.25, 0.3) is 0 Å². The van der Waals surface area contributed by atoms with Crippen LogP contribution >= 0.6 is 0 Å². The van der Waals surface area contributed by atoms with Crippen LogP contribution in [0.3, 0.4) is 0 Å². The van der Waals surface area contributed by atoms with E-state index >= 15 is 0 Å². The van der Waals surface area contributed by atoms with Crippen molar-refractivity contribution in [3.8, 4) is 11.5 Å². The van der Waals surface area contributed by atoms with E-state index in [2.05, 4.69) is 32.2 Å². The van der Waals surface area contributed by atoms with Crippen LogP contribution in [-0.2, 0) is 4.79 Å². The van der Waals surface area contributed by atoms with Crippen molar-refractivity contribution in [2.75, 3.05) is 13.2 Å². The molecule has 0 aromatic heterocycles. The molecule has 4 aliphatic carbocycles. The van der Waals surface area contributed by atoms with Gasteiger partial charge in [0.2, 0.25) is 5.91 Å². The van der Waals surface area contributed by atoms with Crippen LogP contribution < -0.4 is 14.8 Å². The SMILES string of the molecule is CCCOc1ccc(C(C)NC(=O)C23CC4CC(CC(C4)C2)C3)cc1OCCC. The lowest BCUT2D eigenvalue weighted by molar-refractivity contribution is -0.147. The van der Waals surface area contributed by atoms with E-state index in [1.54, 1.807) is 0 Å². The van der Waals surface area contributed by atoms with Gasteiger partial charge in [0, 0.05) is 5.41 Å². The first-order valence-electron chi connectivity index (χ1n) is 11.7. The molecule has 160 valence electrons. The second kappa shape index (κ2) is 8.57. The van der Waals surface area contributed by atoms with Crippen LogP contribution in [0.1, 0.15) is 83.7 Å². The summed E-state index contributed by atoms with van der Waals surface area (Å²) in [4.78, 5) is 13.4. The molecule has 4 nitrogen and oxygen atoms in total. The molecule has 1 atom stereocenters. The summed E-state index contributed by atoms with van der Waals surface area (Å²) in [6.07, 6.45) is 9.31. The number of hydrogen-bond donors (Lipinski definition) is 1. The van der Waals surface area contributed by atoms with E-state index in [0.29, 0.717) is 13.2 Å². The largest absolute Gasteiger partial charge is 0.490 e. The number of hydrogen-bond acceptors (Lipinski definition) is 3. The maximum atomic E-state index is 13.4. The molecule has 1 aromatic carbocycles. The molecular weight excluding hydrogens is 362 g/mol. The molecule has 0 aliphatic heterocycles. The standard InChI is InChI=1S/C25H37NO3/c1-4-8-28-22-7-6-21(13-23(22)29-9-5-2)17(3)26-24(27)25-14-18-10-19(15-25)12-20(11-18)16-25/h6-7,13,17-20H,4-5,8-12,14-16H2,1-3H3,(H,26,27). The summed E-state index contributed by atoms with van der Waals surface area (Å²) >= 11 is 0. The van der Waals surface area contributed by atoms with Crippen LogP contribution in [0.5, 0.6) is 11.5 Å². The Kier molecular flexibility index (Phi) is 6.08. The fraction of sp³-hybridized carbons (Fsp3) is 0.720. The molecule has 4 heteroatoms. The summed E-state index contributed by atoms with van der Waals surface area (Å²) in [7, 11) is 0. The molecule has 4 bridgehead atoms. The minimum Gasteiger partial charge on any atom is -0.490 e. The third-order valence-corrected chi connectivity index (χ3v) is 7.26. The van der Waals surface area contributed by atoms with Gasteiger partial charge >= 0.3 is 0 Å². The summed E-state index contributed by atoms with van der Waals surface area (Å²) in [6, 6.07) is 6.07. The number of rotatable bonds is 9. The molecular formula is C25H37NO3. The second-order valence-corrected chi connectivity index (χ2v) is 9.80. The van der Waals surface area contributed by atoms with Gasteiger partial charge in [0.05, 0.1) is 19.3 Å². The Labute approximate surface area is 175 Å². The monoisotopic (exact) mass is 399 g/mol. The zero-order valence-electron chi connectivity index (χ0n) is 18.3. The van der Waals surface area contributed by atoms with Gasteiger partial charge < -0.3 is 14.8 Å². The highest BCUT2D eigenvalue weighted by Gasteiger charge is 2.54. The summed E-state index contributed by atoms with van der Waals surface area (Å²) in [5.74, 6) is 4.22. The number of carbonyl (C=O) groups excluding carboxylic acids is 1. The number of amides is 1. The Morgan fingerprint density at radius 1 is 1.00 bits per heavy atom. The van der Waals surface area contributed by atoms with Gasteiger partial charge in [-0.1, -0.05) is 19.9 Å². The molecule has 0 spiro atoms. The van der Waals surface area contributed by atoms with Crippen LogP contribution in [0.2, 0.25) is 0 Å². The number of ether oxygens (including phenoxy) is 2. The van der Waals surface area contributed by atoms with Gasteiger partial charge in [-0.05, 0) is 93.7 Å². The molecule has 4 aliphatic rings. The van der Waals surface area contributed by atoms with Gasteiger partial charge in [0.15, 0.2) is 11.5 Å². The predicted molar refractivity (Wildman–Crippen MR) is 115 cm³/mol. The van der Waals surface area contributed by atoms with Crippen LogP contribution in [-0.4, -0.2) is 19.1 Å². The topological polar surface area (TPSA) is 47.6 Å². The lowest BCUT2D eigenvalue weighted by atomic mass is 9.49. The quantitative estimate of drug-likeness (QED) is 0.583. The van der Waals surface area contributed by atoms with Crippen molar-refractivity contribution >= 4 is 5.91 Å². The summed E-state index contributed by atoms with van der Waals surface area (Å²) in [5, 5.41) is 3.36. The highest BCUT2D eigenvalue weighted by molar-refractivity contribution is 5.83. The van der Waals surface area contributed by atoms with Gasteiger partial charge in [0.1, 0.15) is 0 Å². The van der Waals surface area contributed by atoms with Crippen molar-refractivity contribution in [1.82, 2.24) is 5.32 Å². The van der Waals surface area contributed by atoms with Crippen molar-refractivity contribution in [2.24, 2.45) is 23.2 Å². The number of benzene rings is 1. The minimum atomic E-state index is -0.102. The van der Waals surface area contributed by atoms with Crippen molar-refractivity contribution in [3.05, 3.63) is 23.8 Å². The van der Waals surface area contributed by atoms with Crippen molar-refractivity contribution in [3.63, 3.8) is 0 Å². The van der Waals surface area contributed by atoms with E-state index in [1.807, 2.05) is 12.1 Å². The van der Waals surface area contributed by atoms with Gasteiger partial charge in [-0.2, -0.15) is 0 Å². The third kappa shape index (κ3) is 4.27. The summed E-state index contributed by atoms with van der Waals surface area (Å²) in [5.41, 5.74) is 0.979. The molecule has 1 N–H and O–H groups in total. The van der Waals surface area contributed by atoms with Crippen LogP contribution in [0.15, 0.2) is 18.2 Å². The molecule has 29 heavy (non-hydrogen) atoms. The Bertz CT molecular complexity index is 693. The smallest absolute Gasteiger partial charge is 0.226 e. The van der Waals surface area contributed by atoms with Crippen molar-refractivity contribution in [2.45, 2.75) is 78.2 Å². The molecule has 4 saturated carbocycles. The number of carbonyl (C=O) groups is 1. The normalized spacial score (nSPS) is 30.8. The zero-order chi connectivity index (χ0) is 20.4. The van der Waals surface area contributed by atoms with E-state index < -0.39 is 0 Å². The molecule has 0 radical (unpaired) electrons. The third-order valence-electron chi connectivity index (χ3n) is 7.26. The van der Waals surface area contributed by atoms with E-state index in [9.17, 15) is 4.79 Å². The maximum absolute atomic E-state index is 13.4. The second-order valence-electron chi connectivity index (χ2n) is 9.80. The van der Waals surface area contributed by atoms with E-state index in [1.165, 1.54) is 19.3 Å². The average molecular weight is 400 g/mol. The highest BCUT2D eigenvalue weighted by atomic mass is 16.5. The lowest BCUT2D eigenvalue weighted by Crippen LogP contribution is -2.53. The Morgan fingerprint density at radius 2 is 1.55 bits per heavy atom. The Morgan fingerprint density at radius 3 is 2.10 bits per heavy atom. The van der Waals surface area contributed by atoms with E-state index in [-0.39, 0.29) is 17.4 Å². The summed E-state index contributed by atoms with van der Waals surface area (Å²) < 4.78 is 11.8. The first kappa shape index (κ1) is 20.6. The first-order valence-corrected chi connectivity index (χ1v) is 11.7. The van der Waals surface area contributed by atoms with E-state index in [4.69, 9.17) is 9.47 Å². The van der Waals surface area contributed by atoms with Gasteiger partial charge in [-0.15, -0.1) is 0 Å². The molecule has 0 saturated heterocycles. The minimum absolute atomic E-state index is 0.0280. The van der Waals surface area contributed by atoms with Crippen molar-refractivity contribution < 1.29 is 14.3 Å². The zero-order valence-corrected chi connectivity index (χ0v) is 18.3. The molecule has 1 aromatic rings. The van der Waals surface area contributed by atoms with Crippen LogP contribution in [0.4, 0.5) is 0 Å².